The third-order valence-corrected chi connectivity index (χ3v) is 3.55. The number of benzene rings is 2. The van der Waals surface area contributed by atoms with Gasteiger partial charge in [0.25, 0.3) is 0 Å². The van der Waals surface area contributed by atoms with Gasteiger partial charge in [0.1, 0.15) is 18.2 Å². The molecule has 0 saturated heterocycles. The van der Waals surface area contributed by atoms with Crippen LogP contribution in [0.1, 0.15) is 11.1 Å². The lowest BCUT2D eigenvalue weighted by Crippen LogP contribution is -2.05. The summed E-state index contributed by atoms with van der Waals surface area (Å²) in [5.74, 6) is -2.14. The SMILES string of the molecule is NCCc1ccc(OCc2c(F)ccc(Br)c2F)c(F)c1. The van der Waals surface area contributed by atoms with E-state index in [1.165, 1.54) is 18.2 Å². The van der Waals surface area contributed by atoms with Crippen LogP contribution in [-0.4, -0.2) is 6.54 Å². The van der Waals surface area contributed by atoms with Gasteiger partial charge in [-0.1, -0.05) is 6.07 Å². The summed E-state index contributed by atoms with van der Waals surface area (Å²) in [6.07, 6.45) is 0.548. The van der Waals surface area contributed by atoms with E-state index >= 15 is 0 Å². The van der Waals surface area contributed by atoms with Crippen molar-refractivity contribution in [1.82, 2.24) is 0 Å². The molecule has 0 fully saturated rings. The van der Waals surface area contributed by atoms with Gasteiger partial charge in [-0.3, -0.25) is 0 Å². The fourth-order valence-corrected chi connectivity index (χ4v) is 2.21. The molecule has 0 aliphatic heterocycles. The van der Waals surface area contributed by atoms with E-state index in [4.69, 9.17) is 10.5 Å². The molecule has 0 aliphatic rings. The number of hydrogen-bond donors (Lipinski definition) is 1. The Bertz CT molecular complexity index is 649. The molecule has 6 heteroatoms. The molecule has 2 aromatic carbocycles. The van der Waals surface area contributed by atoms with Crippen LogP contribution in [0.15, 0.2) is 34.8 Å². The van der Waals surface area contributed by atoms with Gasteiger partial charge in [-0.25, -0.2) is 13.2 Å². The molecule has 0 aliphatic carbocycles. The molecule has 2 nitrogen and oxygen atoms in total. The molecule has 21 heavy (non-hydrogen) atoms. The Morgan fingerprint density at radius 1 is 1.05 bits per heavy atom. The molecule has 0 unspecified atom stereocenters. The minimum atomic E-state index is -0.754. The number of hydrogen-bond acceptors (Lipinski definition) is 2. The number of rotatable bonds is 5. The normalized spacial score (nSPS) is 10.7. The van der Waals surface area contributed by atoms with Crippen molar-refractivity contribution >= 4 is 15.9 Å². The van der Waals surface area contributed by atoms with Crippen molar-refractivity contribution in [3.05, 3.63) is 63.4 Å². The van der Waals surface area contributed by atoms with Gasteiger partial charge in [0.15, 0.2) is 11.6 Å². The molecule has 0 radical (unpaired) electrons. The minimum absolute atomic E-state index is 0.0606. The predicted molar refractivity (Wildman–Crippen MR) is 77.5 cm³/mol. The Morgan fingerprint density at radius 2 is 1.81 bits per heavy atom. The summed E-state index contributed by atoms with van der Waals surface area (Å²) < 4.78 is 46.4. The molecule has 2 rings (SSSR count). The summed E-state index contributed by atoms with van der Waals surface area (Å²) in [5, 5.41) is 0. The Morgan fingerprint density at radius 3 is 2.48 bits per heavy atom. The lowest BCUT2D eigenvalue weighted by molar-refractivity contribution is 0.278. The van der Waals surface area contributed by atoms with E-state index in [1.807, 2.05) is 0 Å². The van der Waals surface area contributed by atoms with Crippen molar-refractivity contribution in [3.8, 4) is 5.75 Å². The highest BCUT2D eigenvalue weighted by molar-refractivity contribution is 9.10. The summed E-state index contributed by atoms with van der Waals surface area (Å²) in [4.78, 5) is 0. The molecule has 2 aromatic rings. The Hall–Kier alpha value is -1.53. The quantitative estimate of drug-likeness (QED) is 0.820. The highest BCUT2D eigenvalue weighted by Gasteiger charge is 2.14. The average molecular weight is 360 g/mol. The molecule has 0 saturated carbocycles. The second-order valence-electron chi connectivity index (χ2n) is 4.41. The zero-order valence-electron chi connectivity index (χ0n) is 11.0. The maximum absolute atomic E-state index is 13.8. The van der Waals surface area contributed by atoms with Gasteiger partial charge in [0.2, 0.25) is 0 Å². The summed E-state index contributed by atoms with van der Waals surface area (Å²) >= 11 is 2.96. The monoisotopic (exact) mass is 359 g/mol. The first-order chi connectivity index (χ1) is 10.0. The van der Waals surface area contributed by atoms with Gasteiger partial charge in [-0.2, -0.15) is 0 Å². The van der Waals surface area contributed by atoms with E-state index in [-0.39, 0.29) is 15.8 Å². The van der Waals surface area contributed by atoms with E-state index in [0.717, 1.165) is 11.6 Å². The van der Waals surface area contributed by atoms with Gasteiger partial charge in [0.05, 0.1) is 10.0 Å². The van der Waals surface area contributed by atoms with Crippen LogP contribution in [-0.2, 0) is 13.0 Å². The molecular weight excluding hydrogens is 347 g/mol. The summed E-state index contributed by atoms with van der Waals surface area (Å²) in [6.45, 7) is 0.0123. The van der Waals surface area contributed by atoms with Gasteiger partial charge in [-0.15, -0.1) is 0 Å². The topological polar surface area (TPSA) is 35.2 Å². The summed E-state index contributed by atoms with van der Waals surface area (Å²) in [6, 6.07) is 6.77. The zero-order valence-corrected chi connectivity index (χ0v) is 12.6. The largest absolute Gasteiger partial charge is 0.486 e. The third-order valence-electron chi connectivity index (χ3n) is 2.94. The van der Waals surface area contributed by atoms with Gasteiger partial charge >= 0.3 is 0 Å². The summed E-state index contributed by atoms with van der Waals surface area (Å²) in [7, 11) is 0. The first-order valence-corrected chi connectivity index (χ1v) is 7.06. The highest BCUT2D eigenvalue weighted by Crippen LogP contribution is 2.24. The van der Waals surface area contributed by atoms with E-state index in [9.17, 15) is 13.2 Å². The standard InChI is InChI=1S/C15H13BrF3NO/c16-11-2-3-12(17)10(15(11)19)8-21-14-4-1-9(5-6-20)7-13(14)18/h1-4,7H,5-6,8,20H2. The maximum Gasteiger partial charge on any atom is 0.165 e. The first-order valence-electron chi connectivity index (χ1n) is 6.26. The molecule has 112 valence electrons. The van der Waals surface area contributed by atoms with Crippen LogP contribution in [0, 0.1) is 17.5 Å². The number of ether oxygens (including phenoxy) is 1. The third kappa shape index (κ3) is 3.77. The zero-order chi connectivity index (χ0) is 15.4. The van der Waals surface area contributed by atoms with Crippen molar-refractivity contribution in [2.75, 3.05) is 6.54 Å². The number of nitrogens with two attached hydrogens (primary N) is 1. The Labute approximate surface area is 128 Å². The Kier molecular flexibility index (Phi) is 5.25. The van der Waals surface area contributed by atoms with Gasteiger partial charge in [0, 0.05) is 0 Å². The van der Waals surface area contributed by atoms with E-state index in [1.54, 1.807) is 6.07 Å². The molecule has 2 N–H and O–H groups in total. The highest BCUT2D eigenvalue weighted by atomic mass is 79.9. The van der Waals surface area contributed by atoms with Crippen LogP contribution in [0.4, 0.5) is 13.2 Å². The molecule has 0 spiro atoms. The van der Waals surface area contributed by atoms with Gasteiger partial charge in [-0.05, 0) is 58.7 Å². The van der Waals surface area contributed by atoms with Gasteiger partial charge < -0.3 is 10.5 Å². The molecule has 0 amide bonds. The van der Waals surface area contributed by atoms with Crippen LogP contribution in [0.3, 0.4) is 0 Å². The fourth-order valence-electron chi connectivity index (χ4n) is 1.83. The van der Waals surface area contributed by atoms with Crippen LogP contribution in [0.2, 0.25) is 0 Å². The van der Waals surface area contributed by atoms with Crippen LogP contribution < -0.4 is 10.5 Å². The molecule has 0 atom stereocenters. The lowest BCUT2D eigenvalue weighted by atomic mass is 10.1. The van der Waals surface area contributed by atoms with E-state index < -0.39 is 24.1 Å². The van der Waals surface area contributed by atoms with Crippen LogP contribution in [0.25, 0.3) is 0 Å². The van der Waals surface area contributed by atoms with Crippen molar-refractivity contribution < 1.29 is 17.9 Å². The molecule has 0 bridgehead atoms. The predicted octanol–water partition coefficient (Wildman–Crippen LogP) is 3.95. The van der Waals surface area contributed by atoms with Crippen LogP contribution >= 0.6 is 15.9 Å². The average Bonchev–Trinajstić information content (AvgIpc) is 2.45. The molecular formula is C15H13BrF3NO. The van der Waals surface area contributed by atoms with Crippen molar-refractivity contribution in [3.63, 3.8) is 0 Å². The first kappa shape index (κ1) is 15.9. The smallest absolute Gasteiger partial charge is 0.165 e. The molecule has 0 aromatic heterocycles. The van der Waals surface area contributed by atoms with E-state index in [0.29, 0.717) is 13.0 Å². The Balaban J connectivity index is 2.15. The van der Waals surface area contributed by atoms with Crippen LogP contribution in [0.5, 0.6) is 5.75 Å². The minimum Gasteiger partial charge on any atom is -0.486 e. The second-order valence-corrected chi connectivity index (χ2v) is 5.27. The van der Waals surface area contributed by atoms with Crippen molar-refractivity contribution in [2.24, 2.45) is 5.73 Å². The number of halogens is 4. The molecule has 0 heterocycles. The summed E-state index contributed by atoms with van der Waals surface area (Å²) in [5.41, 5.74) is 5.87. The second kappa shape index (κ2) is 6.95. The van der Waals surface area contributed by atoms with Crippen molar-refractivity contribution in [2.45, 2.75) is 13.0 Å². The van der Waals surface area contributed by atoms with E-state index in [2.05, 4.69) is 15.9 Å². The van der Waals surface area contributed by atoms with Crippen molar-refractivity contribution in [1.29, 1.82) is 0 Å². The fraction of sp³-hybridized carbons (Fsp3) is 0.200. The lowest BCUT2D eigenvalue weighted by Gasteiger charge is -2.10. The maximum atomic E-state index is 13.8.